The Balaban J connectivity index is 1.41. The van der Waals surface area contributed by atoms with Crippen LogP contribution in [0.4, 0.5) is 0 Å². The van der Waals surface area contributed by atoms with E-state index in [2.05, 4.69) is 0 Å². The largest absolute Gasteiger partial charge is 0.494 e. The van der Waals surface area contributed by atoms with Gasteiger partial charge in [-0.25, -0.2) is 0 Å². The monoisotopic (exact) mass is 434 g/mol. The Bertz CT molecular complexity index is 863. The standard InChI is InChI=1S/C22H24Cl2N2O3/c1-16-4-7-18(8-5-16)29-14-2-3-21(27)25-10-12-26(13-11-25)22(28)19-9-6-17(23)15-20(19)24/h4-9,15H,2-3,10-14H2,1H3. The maximum atomic E-state index is 12.7. The van der Waals surface area contributed by atoms with Crippen molar-refractivity contribution in [3.05, 3.63) is 63.6 Å². The maximum absolute atomic E-state index is 12.7. The van der Waals surface area contributed by atoms with Gasteiger partial charge in [-0.15, -0.1) is 0 Å². The summed E-state index contributed by atoms with van der Waals surface area (Å²) in [6.45, 7) is 4.55. The summed E-state index contributed by atoms with van der Waals surface area (Å²) in [6, 6.07) is 12.7. The number of aryl methyl sites for hydroxylation is 1. The molecule has 0 N–H and O–H groups in total. The van der Waals surface area contributed by atoms with Gasteiger partial charge in [-0.3, -0.25) is 9.59 Å². The van der Waals surface area contributed by atoms with Crippen molar-refractivity contribution in [1.29, 1.82) is 0 Å². The zero-order valence-corrected chi connectivity index (χ0v) is 17.9. The molecule has 0 bridgehead atoms. The number of rotatable bonds is 6. The van der Waals surface area contributed by atoms with E-state index in [1.165, 1.54) is 5.56 Å². The zero-order chi connectivity index (χ0) is 20.8. The van der Waals surface area contributed by atoms with Crippen molar-refractivity contribution in [3.8, 4) is 5.75 Å². The molecule has 1 heterocycles. The SMILES string of the molecule is Cc1ccc(OCCCC(=O)N2CCN(C(=O)c3ccc(Cl)cc3Cl)CC2)cc1. The average molecular weight is 435 g/mol. The number of amides is 2. The van der Waals surface area contributed by atoms with Crippen molar-refractivity contribution in [2.45, 2.75) is 19.8 Å². The molecule has 2 amide bonds. The van der Waals surface area contributed by atoms with Crippen LogP contribution in [-0.2, 0) is 4.79 Å². The van der Waals surface area contributed by atoms with Crippen LogP contribution in [0.15, 0.2) is 42.5 Å². The van der Waals surface area contributed by atoms with Gasteiger partial charge in [-0.05, 0) is 43.7 Å². The Hall–Kier alpha value is -2.24. The predicted molar refractivity (Wildman–Crippen MR) is 115 cm³/mol. The third-order valence-electron chi connectivity index (χ3n) is 4.91. The van der Waals surface area contributed by atoms with Crippen LogP contribution in [0.2, 0.25) is 10.0 Å². The van der Waals surface area contributed by atoms with Gasteiger partial charge in [-0.1, -0.05) is 40.9 Å². The number of hydrogen-bond donors (Lipinski definition) is 0. The second-order valence-electron chi connectivity index (χ2n) is 7.06. The van der Waals surface area contributed by atoms with Gasteiger partial charge in [0.2, 0.25) is 5.91 Å². The molecule has 0 radical (unpaired) electrons. The van der Waals surface area contributed by atoms with Crippen LogP contribution in [0.25, 0.3) is 0 Å². The Kier molecular flexibility index (Phi) is 7.40. The number of carbonyl (C=O) groups is 2. The van der Waals surface area contributed by atoms with Gasteiger partial charge < -0.3 is 14.5 Å². The van der Waals surface area contributed by atoms with Crippen molar-refractivity contribution in [2.24, 2.45) is 0 Å². The molecule has 2 aromatic carbocycles. The Morgan fingerprint density at radius 3 is 2.28 bits per heavy atom. The van der Waals surface area contributed by atoms with Gasteiger partial charge in [0.05, 0.1) is 17.2 Å². The topological polar surface area (TPSA) is 49.9 Å². The van der Waals surface area contributed by atoms with Crippen molar-refractivity contribution < 1.29 is 14.3 Å². The van der Waals surface area contributed by atoms with E-state index in [4.69, 9.17) is 27.9 Å². The highest BCUT2D eigenvalue weighted by Crippen LogP contribution is 2.23. The third-order valence-corrected chi connectivity index (χ3v) is 5.45. The molecule has 5 nitrogen and oxygen atoms in total. The number of ether oxygens (including phenoxy) is 1. The molecule has 154 valence electrons. The first kappa shape index (κ1) is 21.5. The Morgan fingerprint density at radius 2 is 1.62 bits per heavy atom. The zero-order valence-electron chi connectivity index (χ0n) is 16.4. The first-order valence-corrected chi connectivity index (χ1v) is 10.4. The van der Waals surface area contributed by atoms with Crippen LogP contribution in [-0.4, -0.2) is 54.4 Å². The summed E-state index contributed by atoms with van der Waals surface area (Å²) < 4.78 is 5.67. The molecule has 0 saturated carbocycles. The van der Waals surface area contributed by atoms with E-state index in [-0.39, 0.29) is 11.8 Å². The summed E-state index contributed by atoms with van der Waals surface area (Å²) in [6.07, 6.45) is 1.09. The van der Waals surface area contributed by atoms with E-state index >= 15 is 0 Å². The molecule has 1 fully saturated rings. The average Bonchev–Trinajstić information content (AvgIpc) is 2.72. The summed E-state index contributed by atoms with van der Waals surface area (Å²) in [5, 5.41) is 0.836. The molecule has 29 heavy (non-hydrogen) atoms. The van der Waals surface area contributed by atoms with E-state index in [1.54, 1.807) is 28.0 Å². The van der Waals surface area contributed by atoms with Crippen LogP contribution < -0.4 is 4.74 Å². The van der Waals surface area contributed by atoms with Gasteiger partial charge in [0.15, 0.2) is 0 Å². The highest BCUT2D eigenvalue weighted by molar-refractivity contribution is 6.36. The summed E-state index contributed by atoms with van der Waals surface area (Å²) in [5.74, 6) is 0.774. The minimum absolute atomic E-state index is 0.0918. The molecule has 0 unspecified atom stereocenters. The number of piperazine rings is 1. The summed E-state index contributed by atoms with van der Waals surface area (Å²) >= 11 is 12.0. The number of benzene rings is 2. The lowest BCUT2D eigenvalue weighted by Gasteiger charge is -2.35. The molecular formula is C22H24Cl2N2O3. The Morgan fingerprint density at radius 1 is 0.966 bits per heavy atom. The van der Waals surface area contributed by atoms with Crippen LogP contribution >= 0.6 is 23.2 Å². The van der Waals surface area contributed by atoms with E-state index in [0.29, 0.717) is 61.2 Å². The first-order chi connectivity index (χ1) is 13.9. The second-order valence-corrected chi connectivity index (χ2v) is 7.91. The predicted octanol–water partition coefficient (Wildman–Crippen LogP) is 4.45. The fraction of sp³-hybridized carbons (Fsp3) is 0.364. The van der Waals surface area contributed by atoms with Crippen molar-refractivity contribution >= 4 is 35.0 Å². The smallest absolute Gasteiger partial charge is 0.255 e. The second kappa shape index (κ2) is 9.99. The summed E-state index contributed by atoms with van der Waals surface area (Å²) in [4.78, 5) is 28.6. The Labute approximate surface area is 181 Å². The van der Waals surface area contributed by atoms with Crippen molar-refractivity contribution in [3.63, 3.8) is 0 Å². The van der Waals surface area contributed by atoms with E-state index < -0.39 is 0 Å². The molecule has 0 aliphatic carbocycles. The lowest BCUT2D eigenvalue weighted by Crippen LogP contribution is -2.50. The van der Waals surface area contributed by atoms with Crippen LogP contribution in [0.3, 0.4) is 0 Å². The first-order valence-electron chi connectivity index (χ1n) is 9.65. The molecule has 0 spiro atoms. The van der Waals surface area contributed by atoms with Gasteiger partial charge >= 0.3 is 0 Å². The minimum atomic E-state index is -0.134. The van der Waals surface area contributed by atoms with Crippen LogP contribution in [0.5, 0.6) is 5.75 Å². The highest BCUT2D eigenvalue weighted by Gasteiger charge is 2.25. The molecule has 0 atom stereocenters. The number of halogens is 2. The van der Waals surface area contributed by atoms with Gasteiger partial charge in [0.1, 0.15) is 5.75 Å². The molecule has 2 aromatic rings. The fourth-order valence-corrected chi connectivity index (χ4v) is 3.69. The minimum Gasteiger partial charge on any atom is -0.494 e. The number of carbonyl (C=O) groups excluding carboxylic acids is 2. The lowest BCUT2D eigenvalue weighted by atomic mass is 10.1. The quantitative estimate of drug-likeness (QED) is 0.631. The molecule has 1 aliphatic rings. The van der Waals surface area contributed by atoms with Gasteiger partial charge in [0.25, 0.3) is 5.91 Å². The summed E-state index contributed by atoms with van der Waals surface area (Å²) in [5.41, 5.74) is 1.62. The van der Waals surface area contributed by atoms with Crippen LogP contribution in [0, 0.1) is 6.92 Å². The van der Waals surface area contributed by atoms with Crippen molar-refractivity contribution in [1.82, 2.24) is 9.80 Å². The molecule has 0 aromatic heterocycles. The lowest BCUT2D eigenvalue weighted by molar-refractivity contribution is -0.132. The molecule has 1 saturated heterocycles. The number of hydrogen-bond acceptors (Lipinski definition) is 3. The van der Waals surface area contributed by atoms with E-state index in [1.807, 2.05) is 31.2 Å². The normalized spacial score (nSPS) is 14.0. The van der Waals surface area contributed by atoms with Gasteiger partial charge in [0, 0.05) is 37.6 Å². The highest BCUT2D eigenvalue weighted by atomic mass is 35.5. The third kappa shape index (κ3) is 5.87. The van der Waals surface area contributed by atoms with Crippen LogP contribution in [0.1, 0.15) is 28.8 Å². The number of nitrogens with zero attached hydrogens (tertiary/aromatic N) is 2. The molecule has 1 aliphatic heterocycles. The van der Waals surface area contributed by atoms with E-state index in [0.717, 1.165) is 5.75 Å². The van der Waals surface area contributed by atoms with Crippen molar-refractivity contribution in [2.75, 3.05) is 32.8 Å². The molecule has 7 heteroatoms. The molecular weight excluding hydrogens is 411 g/mol. The maximum Gasteiger partial charge on any atom is 0.255 e. The molecule has 3 rings (SSSR count). The van der Waals surface area contributed by atoms with Gasteiger partial charge in [-0.2, -0.15) is 0 Å². The summed E-state index contributed by atoms with van der Waals surface area (Å²) in [7, 11) is 0. The fourth-order valence-electron chi connectivity index (χ4n) is 3.20. The van der Waals surface area contributed by atoms with E-state index in [9.17, 15) is 9.59 Å².